The summed E-state index contributed by atoms with van der Waals surface area (Å²) in [5, 5.41) is 0. The van der Waals surface area contributed by atoms with Crippen molar-refractivity contribution in [2.75, 3.05) is 0 Å². The largest absolute Gasteiger partial charge is 0.870 e. The van der Waals surface area contributed by atoms with E-state index in [1.54, 1.807) is 0 Å². The fourth-order valence-electron chi connectivity index (χ4n) is 1.03. The maximum atomic E-state index is 2.89. The van der Waals surface area contributed by atoms with E-state index in [9.17, 15) is 0 Å². The van der Waals surface area contributed by atoms with E-state index in [1.807, 2.05) is 91.0 Å². The molecule has 21 heavy (non-hydrogen) atoms. The second-order valence-electron chi connectivity index (χ2n) is 3.23. The summed E-state index contributed by atoms with van der Waals surface area (Å²) in [6.45, 7) is 0. The van der Waals surface area contributed by atoms with Crippen molar-refractivity contribution < 1.29 is 11.0 Å². The molecule has 0 heterocycles. The maximum Gasteiger partial charge on any atom is 0 e. The van der Waals surface area contributed by atoms with E-state index in [-0.39, 0.29) is 35.4 Å². The molecule has 0 spiro atoms. The van der Waals surface area contributed by atoms with Gasteiger partial charge >= 0.3 is 0 Å². The molecule has 0 fully saturated rings. The predicted molar refractivity (Wildman–Crippen MR) is 85.5 cm³/mol. The van der Waals surface area contributed by atoms with Crippen LogP contribution < -0.4 is 0 Å². The third kappa shape index (κ3) is 18.4. The van der Waals surface area contributed by atoms with Gasteiger partial charge in [-0.1, -0.05) is 91.0 Å². The second-order valence-corrected chi connectivity index (χ2v) is 3.23. The van der Waals surface area contributed by atoms with Gasteiger partial charge in [0.25, 0.3) is 0 Å². The summed E-state index contributed by atoms with van der Waals surface area (Å²) in [6.07, 6.45) is 0. The smallest absolute Gasteiger partial charge is 0 e. The zero-order valence-electron chi connectivity index (χ0n) is 11.5. The van der Waals surface area contributed by atoms with Gasteiger partial charge < -0.3 is 11.0 Å². The minimum atomic E-state index is 0. The van der Waals surface area contributed by atoms with Crippen LogP contribution in [0.1, 0.15) is 0 Å². The zero-order valence-corrected chi connectivity index (χ0v) is 14.1. The third-order valence-corrected chi connectivity index (χ3v) is 1.82. The number of benzene rings is 3. The molecule has 2 N–H and O–H groups in total. The number of hydrogen-bond donors (Lipinski definition) is 0. The fourth-order valence-corrected chi connectivity index (χ4v) is 1.03. The van der Waals surface area contributed by atoms with Gasteiger partial charge in [-0.05, 0) is 18.2 Å². The molecule has 3 aromatic carbocycles. The summed E-state index contributed by atoms with van der Waals surface area (Å²) < 4.78 is 0. The van der Waals surface area contributed by atoms with Crippen LogP contribution in [0, 0.1) is 18.2 Å². The summed E-state index contributed by atoms with van der Waals surface area (Å²) in [5.41, 5.74) is 0. The Hall–Kier alpha value is -1.60. The van der Waals surface area contributed by atoms with Gasteiger partial charge in [-0.25, -0.2) is 0 Å². The van der Waals surface area contributed by atoms with E-state index >= 15 is 0 Å². The van der Waals surface area contributed by atoms with Crippen molar-refractivity contribution in [1.82, 2.24) is 0 Å². The molecule has 108 valence electrons. The van der Waals surface area contributed by atoms with Crippen molar-refractivity contribution in [1.29, 1.82) is 0 Å². The van der Waals surface area contributed by atoms with Crippen LogP contribution in [-0.2, 0) is 0 Å². The van der Waals surface area contributed by atoms with Crippen LogP contribution in [0.3, 0.4) is 0 Å². The summed E-state index contributed by atoms with van der Waals surface area (Å²) in [7, 11) is 0. The van der Waals surface area contributed by atoms with Crippen LogP contribution >= 0.6 is 0 Å². The molecule has 0 aromatic heterocycles. The van der Waals surface area contributed by atoms with Crippen molar-refractivity contribution in [3.8, 4) is 0 Å². The fraction of sp³-hybridized carbons (Fsp3) is 0. The van der Waals surface area contributed by atoms with Gasteiger partial charge in [0, 0.05) is 24.4 Å². The Morgan fingerprint density at radius 1 is 0.333 bits per heavy atom. The average Bonchev–Trinajstić information content (AvgIpc) is 2.54. The molecule has 3 rings (SSSR count). The monoisotopic (exact) mass is 386 g/mol. The van der Waals surface area contributed by atoms with Gasteiger partial charge in [0.1, 0.15) is 0 Å². The van der Waals surface area contributed by atoms with Crippen molar-refractivity contribution in [3.05, 3.63) is 109 Å². The zero-order chi connectivity index (χ0) is 12.7. The second kappa shape index (κ2) is 20.7. The molecule has 0 amide bonds. The van der Waals surface area contributed by atoms with Gasteiger partial charge in [0.05, 0.1) is 0 Å². The van der Waals surface area contributed by atoms with E-state index in [2.05, 4.69) is 18.2 Å². The van der Waals surface area contributed by atoms with Crippen LogP contribution in [-0.4, -0.2) is 35.4 Å². The van der Waals surface area contributed by atoms with Crippen LogP contribution in [0.2, 0.25) is 0 Å². The summed E-state index contributed by atoms with van der Waals surface area (Å²) in [5.74, 6) is 0. The molecule has 0 aliphatic rings. The first-order chi connectivity index (χ1) is 9.00. The third-order valence-electron chi connectivity index (χ3n) is 1.82. The van der Waals surface area contributed by atoms with Gasteiger partial charge in [-0.3, -0.25) is 0 Å². The minimum Gasteiger partial charge on any atom is -0.870 e. The Labute approximate surface area is 144 Å². The summed E-state index contributed by atoms with van der Waals surface area (Å²) >= 11 is 0. The van der Waals surface area contributed by atoms with E-state index in [1.165, 1.54) is 0 Å². The molecule has 0 unspecified atom stereocenters. The SMILES string of the molecule is [OH-].[OH-].[Sb].[c]1ccccc1.[c]1ccccc1.[c]1ccccc1. The first kappa shape index (κ1) is 24.4. The van der Waals surface area contributed by atoms with Gasteiger partial charge in [-0.15, -0.1) is 0 Å². The molecule has 0 bridgehead atoms. The quantitative estimate of drug-likeness (QED) is 0.552. The van der Waals surface area contributed by atoms with Gasteiger partial charge in [-0.2, -0.15) is 0 Å². The Balaban J connectivity index is -0.000000216. The first-order valence-corrected chi connectivity index (χ1v) is 5.73. The molecule has 0 aliphatic carbocycles. The molecule has 0 saturated carbocycles. The van der Waals surface area contributed by atoms with Crippen LogP contribution in [0.4, 0.5) is 0 Å². The molecule has 0 saturated heterocycles. The van der Waals surface area contributed by atoms with Gasteiger partial charge in [0.2, 0.25) is 0 Å². The van der Waals surface area contributed by atoms with Crippen molar-refractivity contribution in [3.63, 3.8) is 0 Å². The molecule has 0 atom stereocenters. The Morgan fingerprint density at radius 3 is 0.571 bits per heavy atom. The standard InChI is InChI=1S/3C6H5.2H2O.Sb/c3*1-2-4-6-5-3-1;;;/h3*1-5H;2*1H2;/p-2. The van der Waals surface area contributed by atoms with Crippen molar-refractivity contribution >= 4 is 24.4 Å². The summed E-state index contributed by atoms with van der Waals surface area (Å²) in [4.78, 5) is 0. The topological polar surface area (TPSA) is 60.0 Å². The maximum absolute atomic E-state index is 2.89. The van der Waals surface area contributed by atoms with Gasteiger partial charge in [0.15, 0.2) is 0 Å². The first-order valence-electron chi connectivity index (χ1n) is 5.73. The Bertz CT molecular complexity index is 306. The minimum absolute atomic E-state index is 0. The molecule has 0 aliphatic heterocycles. The average molecular weight is 387 g/mol. The summed E-state index contributed by atoms with van der Waals surface area (Å²) in [6, 6.07) is 37.5. The normalized spacial score (nSPS) is 6.86. The molecular formula is C18H17O2Sb-2. The van der Waals surface area contributed by atoms with Crippen molar-refractivity contribution in [2.45, 2.75) is 0 Å². The predicted octanol–water partition coefficient (Wildman–Crippen LogP) is 3.73. The molecule has 3 heteroatoms. The van der Waals surface area contributed by atoms with Crippen LogP contribution in [0.5, 0.6) is 0 Å². The van der Waals surface area contributed by atoms with Crippen molar-refractivity contribution in [2.24, 2.45) is 0 Å². The molecule has 3 aromatic rings. The van der Waals surface area contributed by atoms with E-state index < -0.39 is 0 Å². The van der Waals surface area contributed by atoms with E-state index in [0.29, 0.717) is 0 Å². The Kier molecular flexibility index (Phi) is 24.1. The number of hydrogen-bond acceptors (Lipinski definition) is 2. The van der Waals surface area contributed by atoms with E-state index in [0.717, 1.165) is 0 Å². The van der Waals surface area contributed by atoms with E-state index in [4.69, 9.17) is 0 Å². The van der Waals surface area contributed by atoms with Crippen LogP contribution in [0.25, 0.3) is 0 Å². The molecule has 2 nitrogen and oxygen atoms in total. The molecular weight excluding hydrogens is 370 g/mol. The number of rotatable bonds is 0. The Morgan fingerprint density at radius 2 is 0.524 bits per heavy atom. The molecule has 6 radical (unpaired) electrons. The van der Waals surface area contributed by atoms with Crippen LogP contribution in [0.15, 0.2) is 91.0 Å².